The molecule has 0 unspecified atom stereocenters. The van der Waals surface area contributed by atoms with Crippen LogP contribution in [0.3, 0.4) is 0 Å². The van der Waals surface area contributed by atoms with Crippen LogP contribution in [0.2, 0.25) is 13.1 Å². The van der Waals surface area contributed by atoms with Crippen molar-refractivity contribution in [3.8, 4) is 22.3 Å². The summed E-state index contributed by atoms with van der Waals surface area (Å²) in [6.07, 6.45) is 2.24. The number of benzene rings is 6. The fourth-order valence-corrected chi connectivity index (χ4v) is 7.29. The van der Waals surface area contributed by atoms with Crippen LogP contribution in [0, 0.1) is 11.8 Å². The van der Waals surface area contributed by atoms with E-state index < -0.39 is 0 Å². The quantitative estimate of drug-likeness (QED) is 0.118. The Labute approximate surface area is 338 Å². The third-order valence-corrected chi connectivity index (χ3v) is 9.14. The van der Waals surface area contributed by atoms with Crippen molar-refractivity contribution in [1.82, 2.24) is 0 Å². The molecule has 0 radical (unpaired) electrons. The second-order valence-electron chi connectivity index (χ2n) is 14.5. The van der Waals surface area contributed by atoms with Gasteiger partial charge in [0, 0.05) is 0 Å². The van der Waals surface area contributed by atoms with E-state index in [0.717, 1.165) is 12.8 Å². The maximum atomic E-state index is 2.38. The van der Waals surface area contributed by atoms with Gasteiger partial charge in [-0.1, -0.05) is 136 Å². The average Bonchev–Trinajstić information content (AvgIpc) is 3.64. The fourth-order valence-electron chi connectivity index (χ4n) is 7.29. The summed E-state index contributed by atoms with van der Waals surface area (Å²) < 4.78 is 0. The third-order valence-electron chi connectivity index (χ3n) is 9.14. The van der Waals surface area contributed by atoms with E-state index in [1.807, 2.05) is 0 Å². The van der Waals surface area contributed by atoms with Crippen LogP contribution in [0.25, 0.3) is 65.3 Å². The predicted molar refractivity (Wildman–Crippen MR) is 220 cm³/mol. The molecule has 8 aromatic rings. The summed E-state index contributed by atoms with van der Waals surface area (Å²) in [5.41, 5.74) is 8.72. The van der Waals surface area contributed by atoms with Gasteiger partial charge in [-0.15, -0.1) is 92.3 Å². The molecule has 0 aliphatic rings. The van der Waals surface area contributed by atoms with Crippen LogP contribution in [0.5, 0.6) is 0 Å². The van der Waals surface area contributed by atoms with Crippen LogP contribution >= 0.6 is 0 Å². The van der Waals surface area contributed by atoms with E-state index in [0.29, 0.717) is 11.8 Å². The minimum Gasteiger partial charge on any atom is -1.00 e. The molecule has 0 nitrogen and oxygen atoms in total. The third kappa shape index (κ3) is 9.64. The molecule has 0 saturated heterocycles. The molecule has 8 aromatic carbocycles. The van der Waals surface area contributed by atoms with Gasteiger partial charge in [0.1, 0.15) is 0 Å². The molecule has 0 spiro atoms. The zero-order valence-electron chi connectivity index (χ0n) is 31.2. The summed E-state index contributed by atoms with van der Waals surface area (Å²) in [5.74, 6) is 1.31. The molecule has 0 aliphatic carbocycles. The van der Waals surface area contributed by atoms with Gasteiger partial charge in [0.15, 0.2) is 0 Å². The molecule has 0 saturated carbocycles. The Kier molecular flexibility index (Phi) is 15.3. The van der Waals surface area contributed by atoms with Gasteiger partial charge in [-0.25, -0.2) is 0 Å². The second-order valence-corrected chi connectivity index (χ2v) is 23.9. The minimum absolute atomic E-state index is 0. The van der Waals surface area contributed by atoms with Gasteiger partial charge >= 0.3 is 41.9 Å². The van der Waals surface area contributed by atoms with Crippen LogP contribution in [0.1, 0.15) is 38.8 Å². The summed E-state index contributed by atoms with van der Waals surface area (Å²) in [4.78, 5) is 0. The fraction of sp³-hybridized carbons (Fsp3) is 0.208. The number of hydrogen-bond acceptors (Lipinski definition) is 0. The predicted octanol–water partition coefficient (Wildman–Crippen LogP) is 7.95. The molecule has 8 rings (SSSR count). The van der Waals surface area contributed by atoms with Crippen molar-refractivity contribution >= 4 is 48.5 Å². The SMILES string of the molecule is CC(C)Cc1[cH-]c2ccccc2c1-c1cccc2ccccc12.CC(C)Cc1[cH-]c2ccccc2c1-c1cccc2ccccc12.C[Si](C)=[Zr+2].[Cl-].[Cl-]. The van der Waals surface area contributed by atoms with E-state index in [9.17, 15) is 0 Å². The number of hydrogen-bond donors (Lipinski definition) is 0. The van der Waals surface area contributed by atoms with Crippen molar-refractivity contribution in [2.45, 2.75) is 53.6 Å². The molecule has 0 atom stereocenters. The molecular formula is C48H48Cl2SiZr-2. The standard InChI is InChI=1S/2C23H21.C2H6Si.2ClH.Zr/c2*1-16(2)14-19-15-18-9-4-6-12-21(18)23(19)22-13-7-10-17-8-3-5-11-20(17)22;1-3-2;;;/h2*3-13,15-16H,14H2,1-2H3;1-2H3;2*1H;/q2*-1;;;;+2/p-2. The molecule has 0 N–H and O–H groups in total. The van der Waals surface area contributed by atoms with Gasteiger partial charge in [-0.05, 0) is 46.2 Å². The van der Waals surface area contributed by atoms with Gasteiger partial charge in [-0.3, -0.25) is 0 Å². The van der Waals surface area contributed by atoms with Crippen LogP contribution in [0.15, 0.2) is 146 Å². The smallest absolute Gasteiger partial charge is 1.00 e. The Bertz CT molecular complexity index is 2220. The van der Waals surface area contributed by atoms with Crippen LogP contribution in [-0.2, 0) is 36.2 Å². The van der Waals surface area contributed by atoms with Crippen molar-refractivity contribution in [3.05, 3.63) is 157 Å². The van der Waals surface area contributed by atoms with E-state index in [1.54, 1.807) is 23.3 Å². The first-order valence-electron chi connectivity index (χ1n) is 18.0. The largest absolute Gasteiger partial charge is 1.00 e. The van der Waals surface area contributed by atoms with Crippen LogP contribution in [0.4, 0.5) is 0 Å². The summed E-state index contributed by atoms with van der Waals surface area (Å²) in [6.45, 7) is 13.8. The molecule has 0 heterocycles. The molecule has 264 valence electrons. The summed E-state index contributed by atoms with van der Waals surface area (Å²) in [7, 11) is 0. The van der Waals surface area contributed by atoms with Crippen molar-refractivity contribution in [2.24, 2.45) is 11.8 Å². The zero-order valence-corrected chi connectivity index (χ0v) is 36.2. The first kappa shape index (κ1) is 41.5. The van der Waals surface area contributed by atoms with Gasteiger partial charge in [0.2, 0.25) is 0 Å². The Balaban J connectivity index is 0.000000204. The van der Waals surface area contributed by atoms with Crippen molar-refractivity contribution in [1.29, 1.82) is 0 Å². The first-order valence-corrected chi connectivity index (χ1v) is 24.2. The number of halogens is 2. The maximum Gasteiger partial charge on any atom is -1.00 e. The summed E-state index contributed by atoms with van der Waals surface area (Å²) in [6, 6.07) is 53.0. The summed E-state index contributed by atoms with van der Waals surface area (Å²) >= 11 is 1.74. The van der Waals surface area contributed by atoms with Gasteiger partial charge in [-0.2, -0.15) is 0 Å². The Morgan fingerprint density at radius 3 is 1.13 bits per heavy atom. The van der Waals surface area contributed by atoms with Gasteiger partial charge in [0.05, 0.1) is 0 Å². The van der Waals surface area contributed by atoms with E-state index in [4.69, 9.17) is 0 Å². The van der Waals surface area contributed by atoms with Crippen LogP contribution in [-0.4, -0.2) is 5.43 Å². The van der Waals surface area contributed by atoms with E-state index >= 15 is 0 Å². The van der Waals surface area contributed by atoms with Crippen molar-refractivity contribution in [2.75, 3.05) is 0 Å². The Hall–Kier alpha value is -3.26. The number of fused-ring (bicyclic) bond motifs is 4. The first-order chi connectivity index (χ1) is 24.2. The average molecular weight is 815 g/mol. The molecular weight excluding hydrogens is 767 g/mol. The summed E-state index contributed by atoms with van der Waals surface area (Å²) in [5, 5.41) is 10.8. The molecule has 0 bridgehead atoms. The van der Waals surface area contributed by atoms with Gasteiger partial charge < -0.3 is 24.8 Å². The minimum atomic E-state index is 0. The molecule has 0 aliphatic heterocycles. The van der Waals surface area contributed by atoms with Crippen molar-refractivity contribution in [3.63, 3.8) is 0 Å². The van der Waals surface area contributed by atoms with Crippen LogP contribution < -0.4 is 24.8 Å². The monoisotopic (exact) mass is 812 g/mol. The second kappa shape index (κ2) is 19.2. The molecule has 0 aromatic heterocycles. The number of rotatable bonds is 6. The van der Waals surface area contributed by atoms with E-state index in [2.05, 4.69) is 186 Å². The normalized spacial score (nSPS) is 10.8. The van der Waals surface area contributed by atoms with E-state index in [1.165, 1.54) is 76.5 Å². The van der Waals surface area contributed by atoms with Crippen molar-refractivity contribution < 1.29 is 48.1 Å². The topological polar surface area (TPSA) is 0 Å². The van der Waals surface area contributed by atoms with Gasteiger partial charge in [0.25, 0.3) is 0 Å². The maximum absolute atomic E-state index is 2.38. The zero-order chi connectivity index (χ0) is 35.2. The molecule has 0 fully saturated rings. The molecule has 0 amide bonds. The van der Waals surface area contributed by atoms with E-state index in [-0.39, 0.29) is 30.2 Å². The molecule has 52 heavy (non-hydrogen) atoms. The Morgan fingerprint density at radius 2 is 0.769 bits per heavy atom. The Morgan fingerprint density at radius 1 is 0.462 bits per heavy atom. The molecule has 4 heteroatoms.